The summed E-state index contributed by atoms with van der Waals surface area (Å²) in [6, 6.07) is 1.38. The van der Waals surface area contributed by atoms with Gasteiger partial charge in [0, 0.05) is 14.1 Å². The van der Waals surface area contributed by atoms with Gasteiger partial charge in [0.25, 0.3) is 22.0 Å². The molecule has 1 aromatic rings. The molecule has 2 rings (SSSR count). The van der Waals surface area contributed by atoms with Gasteiger partial charge in [0.2, 0.25) is 17.7 Å². The van der Waals surface area contributed by atoms with Crippen molar-refractivity contribution in [1.82, 2.24) is 18.6 Å². The molecule has 12 heteroatoms. The molecule has 0 atom stereocenters. The molecular formula is C12H17N5O6S. The fraction of sp³-hybridized carbons (Fsp3) is 0.500. The number of nitrogens with zero attached hydrogens (tertiary/aromatic N) is 5. The molecule has 1 aliphatic heterocycles. The molecule has 0 unspecified atom stereocenters. The number of carbonyl (C=O) groups is 2. The zero-order chi connectivity index (χ0) is 18.1. The Bertz CT molecular complexity index is 725. The van der Waals surface area contributed by atoms with Gasteiger partial charge in [-0.2, -0.15) is 27.0 Å². The monoisotopic (exact) mass is 359 g/mol. The first-order valence-corrected chi connectivity index (χ1v) is 8.11. The molecule has 2 amide bonds. The lowest BCUT2D eigenvalue weighted by Gasteiger charge is -2.32. The number of hydrogen-bond donors (Lipinski definition) is 0. The molecule has 1 saturated heterocycles. The van der Waals surface area contributed by atoms with Crippen LogP contribution in [-0.2, 0) is 19.8 Å². The smallest absolute Gasteiger partial charge is 0.282 e. The van der Waals surface area contributed by atoms with Crippen LogP contribution in [0.15, 0.2) is 6.07 Å². The minimum absolute atomic E-state index is 0.0980. The van der Waals surface area contributed by atoms with Gasteiger partial charge in [0.15, 0.2) is 0 Å². The number of rotatable bonds is 5. The Labute approximate surface area is 139 Å². The Morgan fingerprint density at radius 1 is 1.04 bits per heavy atom. The van der Waals surface area contributed by atoms with Gasteiger partial charge in [0.05, 0.1) is 33.4 Å². The second kappa shape index (κ2) is 6.67. The lowest BCUT2D eigenvalue weighted by atomic mass is 10.3. The second-order valence-electron chi connectivity index (χ2n) is 4.93. The minimum atomic E-state index is -3.89. The van der Waals surface area contributed by atoms with Crippen LogP contribution in [0.3, 0.4) is 0 Å². The molecule has 1 aromatic heterocycles. The van der Waals surface area contributed by atoms with Crippen LogP contribution in [0, 0.1) is 0 Å². The SMILES string of the molecule is COc1cc(OC)nc(N2C(=O)CN(S(=O)(=O)N(C)C)CC2=O)n1. The van der Waals surface area contributed by atoms with E-state index in [9.17, 15) is 18.0 Å². The first-order chi connectivity index (χ1) is 11.2. The minimum Gasteiger partial charge on any atom is -0.481 e. The van der Waals surface area contributed by atoms with Crippen molar-refractivity contribution in [3.63, 3.8) is 0 Å². The predicted molar refractivity (Wildman–Crippen MR) is 81.8 cm³/mol. The van der Waals surface area contributed by atoms with E-state index < -0.39 is 35.1 Å². The normalized spacial score (nSPS) is 16.6. The number of ether oxygens (including phenoxy) is 2. The Balaban J connectivity index is 2.35. The van der Waals surface area contributed by atoms with Crippen LogP contribution >= 0.6 is 0 Å². The summed E-state index contributed by atoms with van der Waals surface area (Å²) in [5.74, 6) is -1.58. The summed E-state index contributed by atoms with van der Waals surface area (Å²) in [7, 11) is 1.45. The number of imide groups is 1. The molecule has 24 heavy (non-hydrogen) atoms. The van der Waals surface area contributed by atoms with Crippen molar-refractivity contribution < 1.29 is 27.5 Å². The lowest BCUT2D eigenvalue weighted by molar-refractivity contribution is -0.130. The molecule has 2 heterocycles. The number of piperazine rings is 1. The number of carbonyl (C=O) groups excluding carboxylic acids is 2. The number of aromatic nitrogens is 2. The molecule has 0 aromatic carbocycles. The molecule has 0 spiro atoms. The largest absolute Gasteiger partial charge is 0.481 e. The van der Waals surface area contributed by atoms with Crippen molar-refractivity contribution in [2.45, 2.75) is 0 Å². The maximum Gasteiger partial charge on any atom is 0.282 e. The average molecular weight is 359 g/mol. The van der Waals surface area contributed by atoms with Gasteiger partial charge in [-0.3, -0.25) is 9.59 Å². The third-order valence-electron chi connectivity index (χ3n) is 3.20. The third kappa shape index (κ3) is 3.29. The Hall–Kier alpha value is -2.31. The van der Waals surface area contributed by atoms with Gasteiger partial charge < -0.3 is 9.47 Å². The summed E-state index contributed by atoms with van der Waals surface area (Å²) in [5, 5.41) is 0. The highest BCUT2D eigenvalue weighted by molar-refractivity contribution is 7.86. The standard InChI is InChI=1S/C12H17N5O6S/c1-15(2)24(20,21)16-6-10(18)17(11(19)7-16)12-13-8(22-3)5-9(14-12)23-4/h5H,6-7H2,1-4H3. The second-order valence-corrected chi connectivity index (χ2v) is 7.08. The highest BCUT2D eigenvalue weighted by Crippen LogP contribution is 2.22. The quantitative estimate of drug-likeness (QED) is 0.581. The molecule has 0 saturated carbocycles. The van der Waals surface area contributed by atoms with E-state index in [4.69, 9.17) is 9.47 Å². The van der Waals surface area contributed by atoms with E-state index in [-0.39, 0.29) is 17.7 Å². The zero-order valence-corrected chi connectivity index (χ0v) is 14.4. The summed E-state index contributed by atoms with van der Waals surface area (Å²) < 4.78 is 35.8. The van der Waals surface area contributed by atoms with E-state index in [1.54, 1.807) is 0 Å². The zero-order valence-electron chi connectivity index (χ0n) is 13.6. The fourth-order valence-corrected chi connectivity index (χ4v) is 2.97. The molecule has 1 aliphatic rings. The van der Waals surface area contributed by atoms with Crippen LogP contribution in [-0.4, -0.2) is 80.2 Å². The average Bonchev–Trinajstić information content (AvgIpc) is 2.53. The first kappa shape index (κ1) is 18.0. The van der Waals surface area contributed by atoms with Gasteiger partial charge in [0.1, 0.15) is 0 Å². The van der Waals surface area contributed by atoms with E-state index in [0.29, 0.717) is 4.90 Å². The number of hydrogen-bond acceptors (Lipinski definition) is 8. The van der Waals surface area contributed by atoms with E-state index in [1.165, 1.54) is 34.4 Å². The van der Waals surface area contributed by atoms with Gasteiger partial charge in [-0.1, -0.05) is 0 Å². The number of anilines is 1. The van der Waals surface area contributed by atoms with Crippen molar-refractivity contribution in [3.05, 3.63) is 6.07 Å². The predicted octanol–water partition coefficient (Wildman–Crippen LogP) is -1.52. The molecule has 0 aliphatic carbocycles. The molecule has 1 fully saturated rings. The molecule has 0 N–H and O–H groups in total. The maximum atomic E-state index is 12.3. The molecule has 0 bridgehead atoms. The lowest BCUT2D eigenvalue weighted by Crippen LogP contribution is -2.58. The molecular weight excluding hydrogens is 342 g/mol. The Morgan fingerprint density at radius 2 is 1.50 bits per heavy atom. The van der Waals surface area contributed by atoms with Crippen molar-refractivity contribution in [1.29, 1.82) is 0 Å². The van der Waals surface area contributed by atoms with Crippen LogP contribution in [0.25, 0.3) is 0 Å². The van der Waals surface area contributed by atoms with Crippen LogP contribution in [0.2, 0.25) is 0 Å². The number of amides is 2. The van der Waals surface area contributed by atoms with Crippen molar-refractivity contribution in [3.8, 4) is 11.8 Å². The topological polar surface area (TPSA) is 122 Å². The Morgan fingerprint density at radius 3 is 1.88 bits per heavy atom. The van der Waals surface area contributed by atoms with Crippen LogP contribution in [0.5, 0.6) is 11.8 Å². The van der Waals surface area contributed by atoms with Crippen LogP contribution in [0.4, 0.5) is 5.95 Å². The first-order valence-electron chi connectivity index (χ1n) is 6.71. The van der Waals surface area contributed by atoms with Gasteiger partial charge in [-0.05, 0) is 0 Å². The summed E-state index contributed by atoms with van der Waals surface area (Å²) in [6.45, 7) is -1.01. The summed E-state index contributed by atoms with van der Waals surface area (Å²) in [5.41, 5.74) is 0. The van der Waals surface area contributed by atoms with Crippen molar-refractivity contribution in [2.24, 2.45) is 0 Å². The van der Waals surface area contributed by atoms with E-state index in [0.717, 1.165) is 8.61 Å². The van der Waals surface area contributed by atoms with E-state index >= 15 is 0 Å². The van der Waals surface area contributed by atoms with Crippen LogP contribution in [0.1, 0.15) is 0 Å². The van der Waals surface area contributed by atoms with Crippen molar-refractivity contribution >= 4 is 28.0 Å². The summed E-state index contributed by atoms with van der Waals surface area (Å²) in [6.07, 6.45) is 0. The fourth-order valence-electron chi connectivity index (χ4n) is 1.96. The van der Waals surface area contributed by atoms with E-state index in [1.807, 2.05) is 0 Å². The van der Waals surface area contributed by atoms with Crippen molar-refractivity contribution in [2.75, 3.05) is 46.3 Å². The van der Waals surface area contributed by atoms with Gasteiger partial charge in [-0.15, -0.1) is 0 Å². The van der Waals surface area contributed by atoms with Crippen LogP contribution < -0.4 is 14.4 Å². The third-order valence-corrected chi connectivity index (χ3v) is 5.03. The summed E-state index contributed by atoms with van der Waals surface area (Å²) in [4.78, 5) is 33.2. The maximum absolute atomic E-state index is 12.3. The van der Waals surface area contributed by atoms with Gasteiger partial charge >= 0.3 is 0 Å². The highest BCUT2D eigenvalue weighted by Gasteiger charge is 2.40. The number of methoxy groups -OCH3 is 2. The molecule has 132 valence electrons. The van der Waals surface area contributed by atoms with Gasteiger partial charge in [-0.25, -0.2) is 4.90 Å². The molecule has 0 radical (unpaired) electrons. The summed E-state index contributed by atoms with van der Waals surface area (Å²) >= 11 is 0. The Kier molecular flexibility index (Phi) is 5.01. The highest BCUT2D eigenvalue weighted by atomic mass is 32.2. The van der Waals surface area contributed by atoms with E-state index in [2.05, 4.69) is 9.97 Å². The molecule has 11 nitrogen and oxygen atoms in total.